The summed E-state index contributed by atoms with van der Waals surface area (Å²) in [5.74, 6) is 1.67. The molecule has 1 N–H and O–H groups in total. The van der Waals surface area contributed by atoms with Gasteiger partial charge in [0, 0.05) is 18.0 Å². The van der Waals surface area contributed by atoms with Crippen molar-refractivity contribution in [2.24, 2.45) is 5.92 Å². The van der Waals surface area contributed by atoms with Gasteiger partial charge in [0.1, 0.15) is 0 Å². The van der Waals surface area contributed by atoms with Gasteiger partial charge < -0.3 is 9.84 Å². The SMILES string of the molecule is CNC(Cc1nc(-c2ccccc2Cl)no1)C(C)C. The summed E-state index contributed by atoms with van der Waals surface area (Å²) in [5, 5.41) is 7.88. The van der Waals surface area contributed by atoms with Crippen molar-refractivity contribution in [1.29, 1.82) is 0 Å². The van der Waals surface area contributed by atoms with Crippen LogP contribution in [0.15, 0.2) is 28.8 Å². The molecule has 102 valence electrons. The van der Waals surface area contributed by atoms with Crippen LogP contribution in [0.25, 0.3) is 11.4 Å². The van der Waals surface area contributed by atoms with Gasteiger partial charge in [-0.2, -0.15) is 4.98 Å². The van der Waals surface area contributed by atoms with Crippen molar-refractivity contribution in [2.75, 3.05) is 7.05 Å². The fraction of sp³-hybridized carbons (Fsp3) is 0.429. The highest BCUT2D eigenvalue weighted by molar-refractivity contribution is 6.33. The Hall–Kier alpha value is -1.39. The van der Waals surface area contributed by atoms with E-state index in [1.165, 1.54) is 0 Å². The maximum absolute atomic E-state index is 6.12. The molecular formula is C14H18ClN3O. The van der Waals surface area contributed by atoms with Crippen LogP contribution in [0.5, 0.6) is 0 Å². The second-order valence-electron chi connectivity index (χ2n) is 4.83. The van der Waals surface area contributed by atoms with Crippen LogP contribution >= 0.6 is 11.6 Å². The van der Waals surface area contributed by atoms with Gasteiger partial charge in [-0.15, -0.1) is 0 Å². The lowest BCUT2D eigenvalue weighted by atomic mass is 10.0. The molecule has 0 fully saturated rings. The minimum atomic E-state index is 0.319. The molecule has 1 aromatic heterocycles. The second-order valence-corrected chi connectivity index (χ2v) is 5.24. The largest absolute Gasteiger partial charge is 0.339 e. The van der Waals surface area contributed by atoms with Gasteiger partial charge >= 0.3 is 0 Å². The molecule has 0 aliphatic heterocycles. The fourth-order valence-electron chi connectivity index (χ4n) is 1.95. The third-order valence-electron chi connectivity index (χ3n) is 3.15. The number of hydrogen-bond acceptors (Lipinski definition) is 4. The lowest BCUT2D eigenvalue weighted by Gasteiger charge is -2.17. The Bertz CT molecular complexity index is 539. The Kier molecular flexibility index (Phi) is 4.56. The molecular weight excluding hydrogens is 262 g/mol. The molecule has 4 nitrogen and oxygen atoms in total. The van der Waals surface area contributed by atoms with Crippen LogP contribution in [0.1, 0.15) is 19.7 Å². The van der Waals surface area contributed by atoms with E-state index in [1.54, 1.807) is 0 Å². The van der Waals surface area contributed by atoms with Gasteiger partial charge in [0.25, 0.3) is 0 Å². The number of likely N-dealkylation sites (N-methyl/N-ethyl adjacent to an activating group) is 1. The van der Waals surface area contributed by atoms with E-state index in [2.05, 4.69) is 29.3 Å². The number of rotatable bonds is 5. The van der Waals surface area contributed by atoms with E-state index in [1.807, 2.05) is 31.3 Å². The van der Waals surface area contributed by atoms with Crippen molar-refractivity contribution in [1.82, 2.24) is 15.5 Å². The van der Waals surface area contributed by atoms with E-state index in [4.69, 9.17) is 16.1 Å². The summed E-state index contributed by atoms with van der Waals surface area (Å²) in [7, 11) is 1.94. The van der Waals surface area contributed by atoms with Gasteiger partial charge in [0.05, 0.1) is 5.02 Å². The summed E-state index contributed by atoms with van der Waals surface area (Å²) in [6, 6.07) is 7.80. The molecule has 2 aromatic rings. The average Bonchev–Trinajstić information content (AvgIpc) is 2.84. The quantitative estimate of drug-likeness (QED) is 0.913. The van der Waals surface area contributed by atoms with E-state index in [0.717, 1.165) is 5.56 Å². The lowest BCUT2D eigenvalue weighted by Crippen LogP contribution is -2.32. The molecule has 0 aliphatic carbocycles. The molecule has 5 heteroatoms. The smallest absolute Gasteiger partial charge is 0.228 e. The number of nitrogens with one attached hydrogen (secondary N) is 1. The van der Waals surface area contributed by atoms with Crippen LogP contribution in [-0.4, -0.2) is 23.2 Å². The van der Waals surface area contributed by atoms with Crippen LogP contribution in [0.2, 0.25) is 5.02 Å². The Balaban J connectivity index is 2.18. The maximum atomic E-state index is 6.12. The topological polar surface area (TPSA) is 51.0 Å². The molecule has 1 atom stereocenters. The van der Waals surface area contributed by atoms with Gasteiger partial charge in [-0.05, 0) is 25.1 Å². The minimum absolute atomic E-state index is 0.319. The first kappa shape index (κ1) is 14.0. The third kappa shape index (κ3) is 3.33. The van der Waals surface area contributed by atoms with Crippen LogP contribution in [-0.2, 0) is 6.42 Å². The summed E-state index contributed by atoms with van der Waals surface area (Å²) < 4.78 is 5.30. The monoisotopic (exact) mass is 279 g/mol. The number of benzene rings is 1. The molecule has 0 amide bonds. The Morgan fingerprint density at radius 2 is 2.05 bits per heavy atom. The summed E-state index contributed by atoms with van der Waals surface area (Å²) in [4.78, 5) is 4.41. The normalized spacial score (nSPS) is 12.9. The Labute approximate surface area is 118 Å². The van der Waals surface area contributed by atoms with E-state index >= 15 is 0 Å². The third-order valence-corrected chi connectivity index (χ3v) is 3.48. The van der Waals surface area contributed by atoms with Crippen molar-refractivity contribution in [3.05, 3.63) is 35.2 Å². The van der Waals surface area contributed by atoms with Gasteiger partial charge in [-0.1, -0.05) is 42.7 Å². The van der Waals surface area contributed by atoms with Crippen molar-refractivity contribution in [3.63, 3.8) is 0 Å². The zero-order chi connectivity index (χ0) is 13.8. The summed E-state index contributed by atoms with van der Waals surface area (Å²) >= 11 is 6.12. The molecule has 0 saturated carbocycles. The van der Waals surface area contributed by atoms with E-state index in [-0.39, 0.29) is 0 Å². The van der Waals surface area contributed by atoms with Crippen molar-refractivity contribution < 1.29 is 4.52 Å². The molecule has 0 spiro atoms. The predicted octanol–water partition coefficient (Wildman–Crippen LogP) is 3.18. The minimum Gasteiger partial charge on any atom is -0.339 e. The first-order valence-electron chi connectivity index (χ1n) is 6.36. The molecule has 19 heavy (non-hydrogen) atoms. The van der Waals surface area contributed by atoms with Gasteiger partial charge in [-0.25, -0.2) is 0 Å². The zero-order valence-corrected chi connectivity index (χ0v) is 12.1. The van der Waals surface area contributed by atoms with E-state index in [0.29, 0.717) is 35.1 Å². The first-order valence-corrected chi connectivity index (χ1v) is 6.74. The Morgan fingerprint density at radius 1 is 1.32 bits per heavy atom. The number of nitrogens with zero attached hydrogens (tertiary/aromatic N) is 2. The fourth-order valence-corrected chi connectivity index (χ4v) is 2.17. The van der Waals surface area contributed by atoms with Crippen molar-refractivity contribution in [2.45, 2.75) is 26.3 Å². The summed E-state index contributed by atoms with van der Waals surface area (Å²) in [5.41, 5.74) is 0.796. The highest BCUT2D eigenvalue weighted by atomic mass is 35.5. The van der Waals surface area contributed by atoms with Gasteiger partial charge in [-0.3, -0.25) is 0 Å². The first-order chi connectivity index (χ1) is 9.11. The highest BCUT2D eigenvalue weighted by Crippen LogP contribution is 2.25. The maximum Gasteiger partial charge on any atom is 0.228 e. The molecule has 1 heterocycles. The number of halogens is 1. The van der Waals surface area contributed by atoms with Crippen LogP contribution in [0.4, 0.5) is 0 Å². The predicted molar refractivity (Wildman–Crippen MR) is 76.1 cm³/mol. The molecule has 2 rings (SSSR count). The van der Waals surface area contributed by atoms with Crippen LogP contribution in [0, 0.1) is 5.92 Å². The molecule has 0 aliphatic rings. The van der Waals surface area contributed by atoms with Crippen molar-refractivity contribution in [3.8, 4) is 11.4 Å². The van der Waals surface area contributed by atoms with E-state index in [9.17, 15) is 0 Å². The average molecular weight is 280 g/mol. The molecule has 1 aromatic carbocycles. The van der Waals surface area contributed by atoms with Gasteiger partial charge in [0.15, 0.2) is 0 Å². The lowest BCUT2D eigenvalue weighted by molar-refractivity contribution is 0.335. The zero-order valence-electron chi connectivity index (χ0n) is 11.4. The van der Waals surface area contributed by atoms with Crippen LogP contribution < -0.4 is 5.32 Å². The Morgan fingerprint density at radius 3 is 2.68 bits per heavy atom. The molecule has 1 unspecified atom stereocenters. The summed E-state index contributed by atoms with van der Waals surface area (Å²) in [6.45, 7) is 4.32. The van der Waals surface area contributed by atoms with E-state index < -0.39 is 0 Å². The van der Waals surface area contributed by atoms with Gasteiger partial charge in [0.2, 0.25) is 11.7 Å². The molecule has 0 saturated heterocycles. The standard InChI is InChI=1S/C14H18ClN3O/c1-9(2)12(16-3)8-13-17-14(18-19-13)10-6-4-5-7-11(10)15/h4-7,9,12,16H,8H2,1-3H3. The molecule has 0 bridgehead atoms. The van der Waals surface area contributed by atoms with Crippen molar-refractivity contribution >= 4 is 11.6 Å². The number of hydrogen-bond donors (Lipinski definition) is 1. The summed E-state index contributed by atoms with van der Waals surface area (Å²) in [6.07, 6.45) is 0.714. The second kappa shape index (κ2) is 6.17. The molecule has 0 radical (unpaired) electrons. The number of aromatic nitrogens is 2. The van der Waals surface area contributed by atoms with Crippen LogP contribution in [0.3, 0.4) is 0 Å². The highest BCUT2D eigenvalue weighted by Gasteiger charge is 2.17.